The molecule has 3 rings (SSSR count). The summed E-state index contributed by atoms with van der Waals surface area (Å²) < 4.78 is 62.8. The molecule has 0 bridgehead atoms. The quantitative estimate of drug-likeness (QED) is 0.818. The molecule has 1 N–H and O–H groups in total. The van der Waals surface area contributed by atoms with Gasteiger partial charge in [-0.1, -0.05) is 0 Å². The average molecular weight is 403 g/mol. The molecule has 0 aromatic carbocycles. The predicted octanol–water partition coefficient (Wildman–Crippen LogP) is 1.64. The van der Waals surface area contributed by atoms with Gasteiger partial charge in [0, 0.05) is 50.9 Å². The van der Waals surface area contributed by atoms with E-state index in [2.05, 4.69) is 20.2 Å². The highest BCUT2D eigenvalue weighted by molar-refractivity contribution is 7.88. The molecule has 0 amide bonds. The minimum atomic E-state index is -4.49. The first-order valence-corrected chi connectivity index (χ1v) is 10.2. The fourth-order valence-electron chi connectivity index (χ4n) is 2.97. The van der Waals surface area contributed by atoms with Crippen molar-refractivity contribution in [2.75, 3.05) is 50.8 Å². The van der Waals surface area contributed by atoms with E-state index in [0.29, 0.717) is 50.5 Å². The van der Waals surface area contributed by atoms with Crippen LogP contribution in [0, 0.1) is 0 Å². The summed E-state index contributed by atoms with van der Waals surface area (Å²) in [7, 11) is -3.16. The van der Waals surface area contributed by atoms with Gasteiger partial charge in [0.05, 0.1) is 11.8 Å². The Morgan fingerprint density at radius 3 is 2.48 bits per heavy atom. The summed E-state index contributed by atoms with van der Waals surface area (Å²) in [5.41, 5.74) is -0.708. The zero-order valence-electron chi connectivity index (χ0n) is 14.7. The van der Waals surface area contributed by atoms with Crippen LogP contribution in [-0.2, 0) is 16.2 Å². The van der Waals surface area contributed by atoms with E-state index >= 15 is 0 Å². The van der Waals surface area contributed by atoms with Gasteiger partial charge in [-0.3, -0.25) is 4.90 Å². The van der Waals surface area contributed by atoms with Crippen molar-refractivity contribution >= 4 is 26.7 Å². The minimum Gasteiger partial charge on any atom is -0.368 e. The highest BCUT2D eigenvalue weighted by atomic mass is 32.2. The Morgan fingerprint density at radius 1 is 1.15 bits per heavy atom. The van der Waals surface area contributed by atoms with Crippen molar-refractivity contribution in [3.05, 3.63) is 30.1 Å². The number of alkyl halides is 3. The van der Waals surface area contributed by atoms with Gasteiger partial charge in [0.1, 0.15) is 11.5 Å². The van der Waals surface area contributed by atoms with Crippen LogP contribution in [-0.4, -0.2) is 73.1 Å². The molecule has 1 fully saturated rings. The van der Waals surface area contributed by atoms with E-state index in [1.165, 1.54) is 28.9 Å². The van der Waals surface area contributed by atoms with E-state index in [4.69, 9.17) is 0 Å². The second-order valence-corrected chi connectivity index (χ2v) is 8.33. The molecule has 3 heterocycles. The molecule has 0 unspecified atom stereocenters. The van der Waals surface area contributed by atoms with Crippen molar-refractivity contribution in [2.24, 2.45) is 0 Å². The zero-order chi connectivity index (χ0) is 19.7. The number of fused-ring (bicyclic) bond motifs is 1. The number of nitrogens with one attached hydrogen (secondary N) is 1. The molecule has 27 heavy (non-hydrogen) atoms. The van der Waals surface area contributed by atoms with Gasteiger partial charge in [-0.2, -0.15) is 17.5 Å². The fraction of sp³-hybridized carbons (Fsp3) is 0.500. The molecule has 1 aliphatic rings. The summed E-state index contributed by atoms with van der Waals surface area (Å²) in [6.07, 6.45) is -1.86. The lowest BCUT2D eigenvalue weighted by molar-refractivity contribution is -0.140. The van der Waals surface area contributed by atoms with Crippen LogP contribution in [0.25, 0.3) is 10.9 Å². The molecule has 0 radical (unpaired) electrons. The molecule has 0 saturated carbocycles. The first-order chi connectivity index (χ1) is 12.6. The number of piperazine rings is 1. The van der Waals surface area contributed by atoms with E-state index in [-0.39, 0.29) is 5.52 Å². The number of halogens is 3. The first kappa shape index (κ1) is 19.8. The van der Waals surface area contributed by atoms with Crippen molar-refractivity contribution in [1.82, 2.24) is 19.2 Å². The van der Waals surface area contributed by atoms with Crippen LogP contribution in [0.15, 0.2) is 24.4 Å². The lowest BCUT2D eigenvalue weighted by Gasteiger charge is -2.33. The maximum absolute atomic E-state index is 12.8. The third kappa shape index (κ3) is 4.85. The van der Waals surface area contributed by atoms with E-state index < -0.39 is 21.9 Å². The number of pyridine rings is 2. The molecule has 148 valence electrons. The standard InChI is InChI=1S/C16H20F3N5O2S/c1-27(25,26)24-10-8-23(9-11-24)7-6-21-15-12-2-3-14(16(17,18)19)22-13(12)4-5-20-15/h2-5H,6-11H2,1H3,(H,20,21). The second kappa shape index (κ2) is 7.56. The molecule has 7 nitrogen and oxygen atoms in total. The number of hydrogen-bond donors (Lipinski definition) is 1. The number of hydrogen-bond acceptors (Lipinski definition) is 6. The Morgan fingerprint density at radius 2 is 1.85 bits per heavy atom. The van der Waals surface area contributed by atoms with E-state index in [0.717, 1.165) is 6.07 Å². The monoisotopic (exact) mass is 403 g/mol. The lowest BCUT2D eigenvalue weighted by Crippen LogP contribution is -2.49. The molecule has 11 heteroatoms. The van der Waals surface area contributed by atoms with E-state index in [1.54, 1.807) is 0 Å². The fourth-order valence-corrected chi connectivity index (χ4v) is 3.80. The SMILES string of the molecule is CS(=O)(=O)N1CCN(CCNc2nccc3nc(C(F)(F)F)ccc23)CC1. The number of anilines is 1. The topological polar surface area (TPSA) is 78.4 Å². The number of rotatable bonds is 5. The Hall–Kier alpha value is -1.98. The van der Waals surface area contributed by atoms with Gasteiger partial charge in [-0.05, 0) is 18.2 Å². The van der Waals surface area contributed by atoms with Crippen LogP contribution in [0.3, 0.4) is 0 Å². The Labute approximate surface area is 155 Å². The van der Waals surface area contributed by atoms with Gasteiger partial charge in [0.15, 0.2) is 0 Å². The number of nitrogens with zero attached hydrogens (tertiary/aromatic N) is 4. The Kier molecular flexibility index (Phi) is 5.54. The van der Waals surface area contributed by atoms with E-state index in [1.807, 2.05) is 0 Å². The molecule has 0 aliphatic carbocycles. The number of sulfonamides is 1. The van der Waals surface area contributed by atoms with Crippen molar-refractivity contribution in [1.29, 1.82) is 0 Å². The van der Waals surface area contributed by atoms with Crippen molar-refractivity contribution in [3.63, 3.8) is 0 Å². The molecule has 0 spiro atoms. The summed E-state index contributed by atoms with van der Waals surface area (Å²) >= 11 is 0. The Bertz CT molecular complexity index is 912. The van der Waals surface area contributed by atoms with Gasteiger partial charge in [0.25, 0.3) is 0 Å². The van der Waals surface area contributed by atoms with Crippen LogP contribution in [0.1, 0.15) is 5.69 Å². The van der Waals surface area contributed by atoms with Crippen LogP contribution >= 0.6 is 0 Å². The molecular formula is C16H20F3N5O2S. The van der Waals surface area contributed by atoms with Crippen molar-refractivity contribution in [2.45, 2.75) is 6.18 Å². The molecule has 1 aliphatic heterocycles. The normalized spacial score (nSPS) is 17.3. The van der Waals surface area contributed by atoms with Gasteiger partial charge in [0.2, 0.25) is 10.0 Å². The van der Waals surface area contributed by atoms with Crippen LogP contribution in [0.4, 0.5) is 19.0 Å². The number of aromatic nitrogens is 2. The summed E-state index contributed by atoms with van der Waals surface area (Å²) in [6, 6.07) is 3.76. The summed E-state index contributed by atoms with van der Waals surface area (Å²) in [5, 5.41) is 3.65. The highest BCUT2D eigenvalue weighted by Crippen LogP contribution is 2.30. The largest absolute Gasteiger partial charge is 0.433 e. The summed E-state index contributed by atoms with van der Waals surface area (Å²) in [5.74, 6) is 0.475. The molecule has 0 atom stereocenters. The predicted molar refractivity (Wildman–Crippen MR) is 95.9 cm³/mol. The molecule has 1 saturated heterocycles. The van der Waals surface area contributed by atoms with Crippen molar-refractivity contribution < 1.29 is 21.6 Å². The Balaban J connectivity index is 1.60. The zero-order valence-corrected chi connectivity index (χ0v) is 15.5. The highest BCUT2D eigenvalue weighted by Gasteiger charge is 2.32. The van der Waals surface area contributed by atoms with Crippen LogP contribution in [0.5, 0.6) is 0 Å². The maximum Gasteiger partial charge on any atom is 0.433 e. The first-order valence-electron chi connectivity index (χ1n) is 8.39. The van der Waals surface area contributed by atoms with Crippen molar-refractivity contribution in [3.8, 4) is 0 Å². The third-order valence-corrected chi connectivity index (χ3v) is 5.73. The van der Waals surface area contributed by atoms with Gasteiger partial charge in [-0.25, -0.2) is 18.4 Å². The second-order valence-electron chi connectivity index (χ2n) is 6.35. The molecular weight excluding hydrogens is 383 g/mol. The molecule has 2 aromatic heterocycles. The van der Waals surface area contributed by atoms with Crippen LogP contribution in [0.2, 0.25) is 0 Å². The average Bonchev–Trinajstić information content (AvgIpc) is 2.60. The third-order valence-electron chi connectivity index (χ3n) is 4.43. The molecule has 2 aromatic rings. The van der Waals surface area contributed by atoms with E-state index in [9.17, 15) is 21.6 Å². The summed E-state index contributed by atoms with van der Waals surface area (Å²) in [4.78, 5) is 9.97. The van der Waals surface area contributed by atoms with Gasteiger partial charge >= 0.3 is 6.18 Å². The van der Waals surface area contributed by atoms with Gasteiger partial charge in [-0.15, -0.1) is 0 Å². The van der Waals surface area contributed by atoms with Gasteiger partial charge < -0.3 is 5.32 Å². The smallest absolute Gasteiger partial charge is 0.368 e. The summed E-state index contributed by atoms with van der Waals surface area (Å²) in [6.45, 7) is 3.38. The van der Waals surface area contributed by atoms with Crippen LogP contribution < -0.4 is 5.32 Å². The maximum atomic E-state index is 12.8. The lowest BCUT2D eigenvalue weighted by atomic mass is 10.2. The minimum absolute atomic E-state index is 0.226.